The maximum absolute atomic E-state index is 5.83. The smallest absolute Gasteiger partial charge is 0.0908 e. The molecule has 0 fully saturated rings. The third kappa shape index (κ3) is 1.52. The first kappa shape index (κ1) is 9.24. The van der Waals surface area contributed by atoms with Gasteiger partial charge in [-0.1, -0.05) is 30.3 Å². The highest BCUT2D eigenvalue weighted by molar-refractivity contribution is 7.14. The van der Waals surface area contributed by atoms with Gasteiger partial charge in [0, 0.05) is 17.5 Å². The van der Waals surface area contributed by atoms with Gasteiger partial charge in [-0.3, -0.25) is 0 Å². The van der Waals surface area contributed by atoms with Gasteiger partial charge in [0.1, 0.15) is 0 Å². The molecule has 0 bridgehead atoms. The second-order valence-electron chi connectivity index (χ2n) is 3.06. The number of nitrogen functional groups attached to an aromatic ring is 1. The van der Waals surface area contributed by atoms with Crippen LogP contribution in [0.25, 0.3) is 11.1 Å². The zero-order valence-electron chi connectivity index (χ0n) is 7.73. The minimum atomic E-state index is 0.500. The molecule has 72 valence electrons. The van der Waals surface area contributed by atoms with Crippen LogP contribution < -0.4 is 11.5 Å². The Bertz CT molecular complexity index is 420. The van der Waals surface area contributed by atoms with Crippen molar-refractivity contribution in [2.75, 3.05) is 5.73 Å². The molecule has 3 heteroatoms. The molecule has 2 nitrogen and oxygen atoms in total. The number of thiophene rings is 1. The predicted molar refractivity (Wildman–Crippen MR) is 62.1 cm³/mol. The molecule has 0 aliphatic rings. The number of anilines is 1. The van der Waals surface area contributed by atoms with Crippen LogP contribution in [-0.2, 0) is 6.54 Å². The van der Waals surface area contributed by atoms with Crippen molar-refractivity contribution < 1.29 is 0 Å². The van der Waals surface area contributed by atoms with E-state index in [1.165, 1.54) is 5.56 Å². The number of benzene rings is 1. The van der Waals surface area contributed by atoms with Crippen molar-refractivity contribution in [1.82, 2.24) is 0 Å². The largest absolute Gasteiger partial charge is 0.390 e. The highest BCUT2D eigenvalue weighted by atomic mass is 32.1. The van der Waals surface area contributed by atoms with Gasteiger partial charge in [-0.2, -0.15) is 0 Å². The van der Waals surface area contributed by atoms with Gasteiger partial charge in [0.25, 0.3) is 0 Å². The van der Waals surface area contributed by atoms with E-state index in [1.54, 1.807) is 11.3 Å². The Morgan fingerprint density at radius 3 is 2.50 bits per heavy atom. The molecule has 0 aliphatic heterocycles. The highest BCUT2D eigenvalue weighted by Gasteiger charge is 2.08. The number of nitrogens with two attached hydrogens (primary N) is 2. The van der Waals surface area contributed by atoms with Crippen LogP contribution in [0.4, 0.5) is 5.00 Å². The van der Waals surface area contributed by atoms with Crippen molar-refractivity contribution in [3.63, 3.8) is 0 Å². The van der Waals surface area contributed by atoms with Crippen LogP contribution in [0.1, 0.15) is 5.56 Å². The molecule has 0 aliphatic carbocycles. The molecule has 0 unspecified atom stereocenters. The molecule has 0 atom stereocenters. The van der Waals surface area contributed by atoms with Crippen molar-refractivity contribution in [1.29, 1.82) is 0 Å². The first-order chi connectivity index (χ1) is 6.83. The summed E-state index contributed by atoms with van der Waals surface area (Å²) >= 11 is 1.55. The Kier molecular flexibility index (Phi) is 2.52. The predicted octanol–water partition coefficient (Wildman–Crippen LogP) is 2.46. The monoisotopic (exact) mass is 204 g/mol. The summed E-state index contributed by atoms with van der Waals surface area (Å²) in [7, 11) is 0. The standard InChI is InChI=1S/C11H12N2S/c12-6-9-10(7-14-11(9)13)8-4-2-1-3-5-8/h1-5,7H,6,12-13H2. The average molecular weight is 204 g/mol. The van der Waals surface area contributed by atoms with Crippen LogP contribution in [0.5, 0.6) is 0 Å². The van der Waals surface area contributed by atoms with Crippen LogP contribution >= 0.6 is 11.3 Å². The number of hydrogen-bond donors (Lipinski definition) is 2. The molecule has 1 heterocycles. The minimum Gasteiger partial charge on any atom is -0.390 e. The van der Waals surface area contributed by atoms with Crippen molar-refractivity contribution >= 4 is 16.3 Å². The molecule has 4 N–H and O–H groups in total. The van der Waals surface area contributed by atoms with Crippen molar-refractivity contribution in [3.05, 3.63) is 41.3 Å². The Morgan fingerprint density at radius 1 is 1.14 bits per heavy atom. The minimum absolute atomic E-state index is 0.500. The topological polar surface area (TPSA) is 52.0 Å². The lowest BCUT2D eigenvalue weighted by Gasteiger charge is -2.02. The molecule has 1 aromatic carbocycles. The summed E-state index contributed by atoms with van der Waals surface area (Å²) in [4.78, 5) is 0. The zero-order chi connectivity index (χ0) is 9.97. The Morgan fingerprint density at radius 2 is 1.86 bits per heavy atom. The summed E-state index contributed by atoms with van der Waals surface area (Å²) < 4.78 is 0. The van der Waals surface area contributed by atoms with E-state index in [4.69, 9.17) is 11.5 Å². The fraction of sp³-hybridized carbons (Fsp3) is 0.0909. The van der Waals surface area contributed by atoms with E-state index < -0.39 is 0 Å². The molecule has 0 saturated heterocycles. The van der Waals surface area contributed by atoms with Crippen molar-refractivity contribution in [3.8, 4) is 11.1 Å². The maximum atomic E-state index is 5.83. The fourth-order valence-corrected chi connectivity index (χ4v) is 2.33. The van der Waals surface area contributed by atoms with E-state index in [2.05, 4.69) is 17.5 Å². The molecule has 1 aromatic heterocycles. The molecule has 14 heavy (non-hydrogen) atoms. The summed E-state index contributed by atoms with van der Waals surface area (Å²) in [6.07, 6.45) is 0. The van der Waals surface area contributed by atoms with E-state index in [9.17, 15) is 0 Å². The lowest BCUT2D eigenvalue weighted by atomic mass is 10.0. The summed E-state index contributed by atoms with van der Waals surface area (Å²) in [5, 5.41) is 2.89. The van der Waals surface area contributed by atoms with Gasteiger partial charge in [0.2, 0.25) is 0 Å². The van der Waals surface area contributed by atoms with Crippen LogP contribution in [0.2, 0.25) is 0 Å². The van der Waals surface area contributed by atoms with Crippen molar-refractivity contribution in [2.45, 2.75) is 6.54 Å². The van der Waals surface area contributed by atoms with Gasteiger partial charge < -0.3 is 11.5 Å². The number of hydrogen-bond acceptors (Lipinski definition) is 3. The number of rotatable bonds is 2. The van der Waals surface area contributed by atoms with Gasteiger partial charge in [-0.05, 0) is 11.1 Å². The fourth-order valence-electron chi connectivity index (χ4n) is 1.47. The second-order valence-corrected chi connectivity index (χ2v) is 3.97. The van der Waals surface area contributed by atoms with Crippen LogP contribution in [0, 0.1) is 0 Å². The quantitative estimate of drug-likeness (QED) is 0.789. The maximum Gasteiger partial charge on any atom is 0.0908 e. The van der Waals surface area contributed by atoms with Crippen LogP contribution in [0.15, 0.2) is 35.7 Å². The van der Waals surface area contributed by atoms with Crippen LogP contribution in [0.3, 0.4) is 0 Å². The first-order valence-corrected chi connectivity index (χ1v) is 5.32. The Labute approximate surface area is 87.2 Å². The summed E-state index contributed by atoms with van der Waals surface area (Å²) in [6, 6.07) is 10.2. The van der Waals surface area contributed by atoms with E-state index >= 15 is 0 Å². The van der Waals surface area contributed by atoms with Gasteiger partial charge in [-0.15, -0.1) is 11.3 Å². The van der Waals surface area contributed by atoms with Gasteiger partial charge in [0.15, 0.2) is 0 Å². The molecule has 0 radical (unpaired) electrons. The lowest BCUT2D eigenvalue weighted by Crippen LogP contribution is -1.99. The molecule has 2 aromatic rings. The lowest BCUT2D eigenvalue weighted by molar-refractivity contribution is 1.09. The Balaban J connectivity index is 2.52. The average Bonchev–Trinajstić information content (AvgIpc) is 2.61. The summed E-state index contributed by atoms with van der Waals surface area (Å²) in [6.45, 7) is 0.500. The highest BCUT2D eigenvalue weighted by Crippen LogP contribution is 2.32. The molecule has 2 rings (SSSR count). The van der Waals surface area contributed by atoms with E-state index in [0.717, 1.165) is 16.1 Å². The van der Waals surface area contributed by atoms with Crippen molar-refractivity contribution in [2.24, 2.45) is 5.73 Å². The van der Waals surface area contributed by atoms with Gasteiger partial charge in [0.05, 0.1) is 5.00 Å². The van der Waals surface area contributed by atoms with Gasteiger partial charge in [-0.25, -0.2) is 0 Å². The molecular weight excluding hydrogens is 192 g/mol. The van der Waals surface area contributed by atoms with Gasteiger partial charge >= 0.3 is 0 Å². The van der Waals surface area contributed by atoms with E-state index in [1.807, 2.05) is 18.2 Å². The normalized spacial score (nSPS) is 10.4. The molecule has 0 amide bonds. The molecule has 0 saturated carbocycles. The second kappa shape index (κ2) is 3.82. The molecule has 0 spiro atoms. The summed E-state index contributed by atoms with van der Waals surface area (Å²) in [5.74, 6) is 0. The third-order valence-corrected chi connectivity index (χ3v) is 3.07. The SMILES string of the molecule is NCc1c(-c2ccccc2)csc1N. The first-order valence-electron chi connectivity index (χ1n) is 4.44. The molecular formula is C11H12N2S. The van der Waals surface area contributed by atoms with Crippen LogP contribution in [-0.4, -0.2) is 0 Å². The van der Waals surface area contributed by atoms with E-state index in [0.29, 0.717) is 6.54 Å². The Hall–Kier alpha value is -1.32. The third-order valence-electron chi connectivity index (χ3n) is 2.22. The van der Waals surface area contributed by atoms with E-state index in [-0.39, 0.29) is 0 Å². The summed E-state index contributed by atoms with van der Waals surface area (Å²) in [5.41, 5.74) is 14.9. The zero-order valence-corrected chi connectivity index (χ0v) is 8.55.